The summed E-state index contributed by atoms with van der Waals surface area (Å²) in [5, 5.41) is 4.87. The molecule has 0 aliphatic heterocycles. The Morgan fingerprint density at radius 1 is 0.279 bits per heavy atom. The molecule has 0 aromatic carbocycles. The van der Waals surface area contributed by atoms with Gasteiger partial charge in [-0.15, -0.1) is 0 Å². The van der Waals surface area contributed by atoms with Gasteiger partial charge in [0.05, 0.1) is 52.9 Å². The zero-order valence-electron chi connectivity index (χ0n) is 74.2. The summed E-state index contributed by atoms with van der Waals surface area (Å²) in [7, 11) is -9.55. The van der Waals surface area contributed by atoms with E-state index in [9.17, 15) is 47.7 Å². The Kier molecular flexibility index (Phi) is 87.8. The van der Waals surface area contributed by atoms with E-state index in [0.29, 0.717) is 51.4 Å². The number of esters is 4. The fraction of sp³-hybridized carbons (Fsp3) is 0.929. The molecule has 26 heteroatoms. The second-order valence-electron chi connectivity index (χ2n) is 30.4. The smallest absolute Gasteiger partial charge is 1.00 e. The molecule has 648 valence electrons. The third kappa shape index (κ3) is 82.4. The minimum atomic E-state index is -4.77. The molecular formula is C85H166N2Na2O20P2. The normalized spacial score (nSPS) is 13.5. The average molecular weight is 1640 g/mol. The molecule has 111 heavy (non-hydrogen) atoms. The second-order valence-corrected chi connectivity index (χ2v) is 33.3. The van der Waals surface area contributed by atoms with Crippen LogP contribution >= 0.6 is 15.6 Å². The molecule has 0 saturated carbocycles. The first-order valence-electron chi connectivity index (χ1n) is 44.6. The molecule has 0 rings (SSSR count). The van der Waals surface area contributed by atoms with Gasteiger partial charge >= 0.3 is 98.6 Å². The van der Waals surface area contributed by atoms with Gasteiger partial charge in [0.2, 0.25) is 11.8 Å². The van der Waals surface area contributed by atoms with Crippen LogP contribution in [0.3, 0.4) is 0 Å². The number of phosphoric acid groups is 2. The fourth-order valence-electron chi connectivity index (χ4n) is 13.0. The van der Waals surface area contributed by atoms with Crippen molar-refractivity contribution in [2.45, 2.75) is 445 Å². The number of carbonyl (C=O) groups is 6. The monoisotopic (exact) mass is 1640 g/mol. The first kappa shape index (κ1) is 114. The zero-order valence-corrected chi connectivity index (χ0v) is 78.0. The van der Waals surface area contributed by atoms with E-state index in [1.165, 1.54) is 167 Å². The maximum absolute atomic E-state index is 13.2. The second kappa shape index (κ2) is 85.4. The Labute approximate surface area is 723 Å². The van der Waals surface area contributed by atoms with Crippen LogP contribution in [0.15, 0.2) is 0 Å². The Morgan fingerprint density at radius 2 is 0.495 bits per heavy atom. The van der Waals surface area contributed by atoms with Crippen molar-refractivity contribution in [3.05, 3.63) is 0 Å². The molecule has 2 unspecified atom stereocenters. The van der Waals surface area contributed by atoms with Gasteiger partial charge in [-0.05, 0) is 51.4 Å². The van der Waals surface area contributed by atoms with Crippen LogP contribution in [-0.2, 0) is 84.4 Å². The molecular weight excluding hydrogens is 1480 g/mol. The molecule has 0 bridgehead atoms. The summed E-state index contributed by atoms with van der Waals surface area (Å²) in [4.78, 5) is 99.2. The van der Waals surface area contributed by atoms with Crippen LogP contribution in [-0.4, -0.2) is 136 Å². The maximum Gasteiger partial charge on any atom is 1.00 e. The van der Waals surface area contributed by atoms with Gasteiger partial charge in [0.15, 0.2) is 0 Å². The third-order valence-corrected chi connectivity index (χ3v) is 21.7. The number of amides is 2. The molecule has 0 spiro atoms. The van der Waals surface area contributed by atoms with E-state index in [1.54, 1.807) is 0 Å². The summed E-state index contributed by atoms with van der Waals surface area (Å²) in [6.07, 6.45) is 55.7. The van der Waals surface area contributed by atoms with Crippen molar-refractivity contribution in [1.82, 2.24) is 10.6 Å². The fourth-order valence-corrected chi connectivity index (χ4v) is 14.5. The van der Waals surface area contributed by atoms with Crippen LogP contribution < -0.4 is 69.7 Å². The summed E-state index contributed by atoms with van der Waals surface area (Å²) in [6, 6.07) is 0. The van der Waals surface area contributed by atoms with Gasteiger partial charge in [0.1, 0.15) is 30.8 Å². The van der Waals surface area contributed by atoms with Crippen LogP contribution in [0.1, 0.15) is 423 Å². The van der Waals surface area contributed by atoms with Gasteiger partial charge in [-0.2, -0.15) is 0 Å². The van der Waals surface area contributed by atoms with Crippen LogP contribution in [0.2, 0.25) is 0 Å². The molecule has 0 aliphatic rings. The van der Waals surface area contributed by atoms with Crippen molar-refractivity contribution in [2.24, 2.45) is 0 Å². The molecule has 0 fully saturated rings. The number of hydrogen-bond donors (Lipinski definition) is 4. The molecule has 0 heterocycles. The van der Waals surface area contributed by atoms with Gasteiger partial charge in [0.25, 0.3) is 0 Å². The largest absolute Gasteiger partial charge is 1.00 e. The Balaban J connectivity index is -0.00000972. The van der Waals surface area contributed by atoms with Gasteiger partial charge < -0.3 is 51.7 Å². The van der Waals surface area contributed by atoms with Crippen LogP contribution in [0.25, 0.3) is 0 Å². The molecule has 0 aromatic heterocycles. The Hall–Kier alpha value is -1.04. The molecule has 6 atom stereocenters. The van der Waals surface area contributed by atoms with Crippen LogP contribution in [0, 0.1) is 0 Å². The summed E-state index contributed by atoms with van der Waals surface area (Å²) >= 11 is 0. The molecule has 0 radical (unpaired) electrons. The van der Waals surface area contributed by atoms with E-state index in [4.69, 9.17) is 46.5 Å². The average Bonchev–Trinajstić information content (AvgIpc) is 0.810. The Bertz CT molecular complexity index is 2100. The molecule has 0 saturated heterocycles. The predicted octanol–water partition coefficient (Wildman–Crippen LogP) is 16.5. The van der Waals surface area contributed by atoms with Gasteiger partial charge in [-0.25, -0.2) is 9.13 Å². The summed E-state index contributed by atoms with van der Waals surface area (Å²) in [5.41, 5.74) is 0. The number of ether oxygens (including phenoxy) is 6. The number of rotatable bonds is 86. The van der Waals surface area contributed by atoms with Crippen molar-refractivity contribution in [2.75, 3.05) is 65.9 Å². The predicted molar refractivity (Wildman–Crippen MR) is 439 cm³/mol. The third-order valence-electron chi connectivity index (χ3n) is 19.7. The number of carbonyl (C=O) groups excluding carboxylic acids is 6. The van der Waals surface area contributed by atoms with E-state index in [2.05, 4.69) is 52.2 Å². The number of phosphoric ester groups is 2. The summed E-state index contributed by atoms with van der Waals surface area (Å²) < 4.78 is 82.6. The standard InChI is InChI=1S/C85H164N2O20P2.2Na.2H/c1-7-13-19-25-29-33-35-39-43-49-55-61-84(92)106-78(72-98-67-63-76(57-51-45-23-17-11-5)104-82(90)59-53-47-41-37-31-27-21-15-9-3)74-102-108(94,95)100-69-65-86-80(88)71-81(89)87-66-70-101-109(96,97)103-75-79(107-85(93)62-56-50-44-40-36-34-30-26-20-14-8-2)73-99-68-64-77(58-52-46-24-18-12-6)105-83(91)60-54-48-42-38-32-28-22-16-10-4;;;;/h76-79H,7-75H2,1-6H3,(H,86,88)(H,87,89)(H,94,95)(H,96,97);;;;/q;2*+1;2*-1/t76-,77-,78+,79+;;;;/m1..../s1. The van der Waals surface area contributed by atoms with E-state index in [-0.39, 0.29) is 138 Å². The van der Waals surface area contributed by atoms with E-state index in [0.717, 1.165) is 141 Å². The van der Waals surface area contributed by atoms with Crippen molar-refractivity contribution in [3.63, 3.8) is 0 Å². The van der Waals surface area contributed by atoms with Gasteiger partial charge in [0, 0.05) is 51.6 Å². The zero-order chi connectivity index (χ0) is 80.0. The van der Waals surface area contributed by atoms with Gasteiger partial charge in [-0.1, -0.05) is 324 Å². The summed E-state index contributed by atoms with van der Waals surface area (Å²) in [5.74, 6) is -2.93. The molecule has 0 aromatic rings. The molecule has 2 amide bonds. The van der Waals surface area contributed by atoms with E-state index < -0.39 is 84.5 Å². The number of hydrogen-bond acceptors (Lipinski definition) is 18. The Morgan fingerprint density at radius 3 is 0.739 bits per heavy atom. The van der Waals surface area contributed by atoms with Crippen LogP contribution in [0.4, 0.5) is 0 Å². The summed E-state index contributed by atoms with van der Waals surface area (Å²) in [6.45, 7) is 10.6. The van der Waals surface area contributed by atoms with E-state index in [1.807, 2.05) is 0 Å². The number of nitrogens with one attached hydrogen (secondary N) is 2. The first-order chi connectivity index (χ1) is 52.9. The van der Waals surface area contributed by atoms with Crippen molar-refractivity contribution < 1.29 is 156 Å². The topological polar surface area (TPSA) is 293 Å². The van der Waals surface area contributed by atoms with Crippen molar-refractivity contribution >= 4 is 51.3 Å². The quantitative estimate of drug-likeness (QED) is 0.0110. The van der Waals surface area contributed by atoms with E-state index >= 15 is 0 Å². The molecule has 22 nitrogen and oxygen atoms in total. The van der Waals surface area contributed by atoms with Crippen LogP contribution in [0.5, 0.6) is 0 Å². The van der Waals surface area contributed by atoms with Gasteiger partial charge in [-0.3, -0.25) is 46.9 Å². The minimum absolute atomic E-state index is 0. The molecule has 4 N–H and O–H groups in total. The number of unbranched alkanes of at least 4 members (excludes halogenated alkanes) is 44. The minimum Gasteiger partial charge on any atom is -1.00 e. The maximum atomic E-state index is 13.2. The SMILES string of the molecule is CCCCCCCCCCCCCC(=O)O[C@@H](COCC[C@@H](CCCCCCC)OC(=O)CCCCCCCCCCC)COP(=O)(O)OCCNC(=O)CC(=O)NCCOP(=O)(O)OC[C@H](COCC[C@@H](CCCCCCC)OC(=O)CCCCCCCCCCC)OC(=O)CCCCCCCCCCCCC.[H-].[H-].[Na+].[Na+]. The van der Waals surface area contributed by atoms with Crippen molar-refractivity contribution in [3.8, 4) is 0 Å². The first-order valence-corrected chi connectivity index (χ1v) is 47.6. The molecule has 0 aliphatic carbocycles. The van der Waals surface area contributed by atoms with Crippen molar-refractivity contribution in [1.29, 1.82) is 0 Å².